The van der Waals surface area contributed by atoms with Crippen molar-refractivity contribution in [2.24, 2.45) is 5.73 Å². The Labute approximate surface area is 148 Å². The predicted molar refractivity (Wildman–Crippen MR) is 97.1 cm³/mol. The van der Waals surface area contributed by atoms with Crippen LogP contribution in [0.5, 0.6) is 0 Å². The van der Waals surface area contributed by atoms with E-state index in [1.165, 1.54) is 0 Å². The molecule has 0 saturated heterocycles. The molecule has 0 unspecified atom stereocenters. The molecule has 0 fully saturated rings. The molecule has 0 saturated carbocycles. The first-order valence-electron chi connectivity index (χ1n) is 8.44. The van der Waals surface area contributed by atoms with E-state index in [1.54, 1.807) is 24.3 Å². The van der Waals surface area contributed by atoms with Crippen molar-refractivity contribution in [3.8, 4) is 0 Å². The minimum Gasteiger partial charge on any atom is -0.444 e. The number of aliphatic hydroxyl groups excluding tert-OH is 1. The number of benzene rings is 1. The monoisotopic (exact) mass is 351 g/mol. The van der Waals surface area contributed by atoms with Gasteiger partial charge in [0.05, 0.1) is 12.6 Å². The highest BCUT2D eigenvalue weighted by Gasteiger charge is 2.16. The van der Waals surface area contributed by atoms with E-state index in [0.29, 0.717) is 31.5 Å². The molecule has 25 heavy (non-hydrogen) atoms. The van der Waals surface area contributed by atoms with Gasteiger partial charge in [0.15, 0.2) is 0 Å². The van der Waals surface area contributed by atoms with Crippen LogP contribution in [0.1, 0.15) is 45.6 Å². The first kappa shape index (κ1) is 20.9. The Morgan fingerprint density at radius 3 is 2.40 bits per heavy atom. The summed E-state index contributed by atoms with van der Waals surface area (Å²) in [7, 11) is 0. The Balaban J connectivity index is 2.21. The van der Waals surface area contributed by atoms with E-state index in [0.717, 1.165) is 5.56 Å². The molecule has 7 heteroatoms. The van der Waals surface area contributed by atoms with E-state index in [4.69, 9.17) is 15.6 Å². The van der Waals surface area contributed by atoms with Gasteiger partial charge in [-0.25, -0.2) is 4.79 Å². The molecule has 0 spiro atoms. The summed E-state index contributed by atoms with van der Waals surface area (Å²) in [4.78, 5) is 23.5. The molecule has 0 radical (unpaired) electrons. The van der Waals surface area contributed by atoms with Crippen LogP contribution in [0.4, 0.5) is 10.5 Å². The zero-order valence-corrected chi connectivity index (χ0v) is 15.2. The van der Waals surface area contributed by atoms with Gasteiger partial charge >= 0.3 is 6.09 Å². The van der Waals surface area contributed by atoms with E-state index in [2.05, 4.69) is 10.6 Å². The van der Waals surface area contributed by atoms with Crippen molar-refractivity contribution < 1.29 is 19.4 Å². The van der Waals surface area contributed by atoms with E-state index < -0.39 is 17.7 Å². The minimum absolute atomic E-state index is 0.0366. The molecule has 140 valence electrons. The molecule has 2 amide bonds. The molecule has 0 aromatic heterocycles. The summed E-state index contributed by atoms with van der Waals surface area (Å²) in [6.07, 6.45) is 1.51. The van der Waals surface area contributed by atoms with E-state index in [9.17, 15) is 9.59 Å². The van der Waals surface area contributed by atoms with Crippen LogP contribution in [0.25, 0.3) is 0 Å². The highest BCUT2D eigenvalue weighted by molar-refractivity contribution is 5.94. The molecule has 0 heterocycles. The fraction of sp³-hybridized carbons (Fsp3) is 0.556. The van der Waals surface area contributed by atoms with E-state index in [1.807, 2.05) is 20.8 Å². The molecule has 1 atom stereocenters. The first-order valence-corrected chi connectivity index (χ1v) is 8.44. The van der Waals surface area contributed by atoms with Crippen molar-refractivity contribution in [1.29, 1.82) is 0 Å². The summed E-state index contributed by atoms with van der Waals surface area (Å²) in [6.45, 7) is 5.86. The topological polar surface area (TPSA) is 114 Å². The molecule has 1 rings (SSSR count). The number of aliphatic hydroxyl groups is 1. The van der Waals surface area contributed by atoms with Gasteiger partial charge in [0.25, 0.3) is 0 Å². The summed E-state index contributed by atoms with van der Waals surface area (Å²) in [5.74, 6) is -0.253. The summed E-state index contributed by atoms with van der Waals surface area (Å²) < 4.78 is 5.13. The van der Waals surface area contributed by atoms with Gasteiger partial charge in [-0.1, -0.05) is 12.1 Å². The summed E-state index contributed by atoms with van der Waals surface area (Å²) in [6, 6.07) is 6.31. The fourth-order valence-corrected chi connectivity index (χ4v) is 2.05. The van der Waals surface area contributed by atoms with Crippen LogP contribution < -0.4 is 16.4 Å². The normalized spacial score (nSPS) is 12.4. The minimum atomic E-state index is -0.612. The molecule has 5 N–H and O–H groups in total. The summed E-state index contributed by atoms with van der Waals surface area (Å²) >= 11 is 0. The van der Waals surface area contributed by atoms with E-state index >= 15 is 0 Å². The number of anilines is 1. The van der Waals surface area contributed by atoms with Crippen molar-refractivity contribution in [2.45, 2.75) is 58.3 Å². The van der Waals surface area contributed by atoms with Crippen LogP contribution in [-0.2, 0) is 16.1 Å². The van der Waals surface area contributed by atoms with Gasteiger partial charge in [0.1, 0.15) is 5.60 Å². The number of carbonyl (C=O) groups is 2. The van der Waals surface area contributed by atoms with E-state index in [-0.39, 0.29) is 12.5 Å². The molecule has 7 nitrogen and oxygen atoms in total. The number of hydrogen-bond donors (Lipinski definition) is 4. The smallest absolute Gasteiger partial charge is 0.407 e. The SMILES string of the molecule is CC(C)(C)OC(=O)NCCCC[C@@H](N)C(=O)Nc1ccc(CO)cc1. The molecule has 1 aromatic carbocycles. The molecule has 0 aliphatic rings. The van der Waals surface area contributed by atoms with Gasteiger partial charge in [-0.2, -0.15) is 0 Å². The van der Waals surface area contributed by atoms with Gasteiger partial charge in [-0.3, -0.25) is 4.79 Å². The third kappa shape index (κ3) is 9.07. The van der Waals surface area contributed by atoms with Crippen LogP contribution in [0.15, 0.2) is 24.3 Å². The molecule has 0 aliphatic heterocycles. The number of rotatable bonds is 8. The Kier molecular flexibility index (Phi) is 8.37. The van der Waals surface area contributed by atoms with Crippen LogP contribution in [-0.4, -0.2) is 35.3 Å². The molecular weight excluding hydrogens is 322 g/mol. The lowest BCUT2D eigenvalue weighted by Gasteiger charge is -2.19. The molecule has 0 aliphatic carbocycles. The number of amides is 2. The van der Waals surface area contributed by atoms with Crippen LogP contribution >= 0.6 is 0 Å². The number of nitrogens with two attached hydrogens (primary N) is 1. The van der Waals surface area contributed by atoms with Gasteiger partial charge < -0.3 is 26.2 Å². The Morgan fingerprint density at radius 2 is 1.84 bits per heavy atom. The van der Waals surface area contributed by atoms with Crippen molar-refractivity contribution in [2.75, 3.05) is 11.9 Å². The largest absolute Gasteiger partial charge is 0.444 e. The highest BCUT2D eigenvalue weighted by atomic mass is 16.6. The number of carbonyl (C=O) groups excluding carboxylic acids is 2. The van der Waals surface area contributed by atoms with Crippen molar-refractivity contribution >= 4 is 17.7 Å². The van der Waals surface area contributed by atoms with Gasteiger partial charge in [0.2, 0.25) is 5.91 Å². The zero-order chi connectivity index (χ0) is 18.9. The van der Waals surface area contributed by atoms with Gasteiger partial charge in [-0.05, 0) is 57.7 Å². The lowest BCUT2D eigenvalue weighted by molar-refractivity contribution is -0.117. The van der Waals surface area contributed by atoms with Gasteiger partial charge in [-0.15, -0.1) is 0 Å². The quantitative estimate of drug-likeness (QED) is 0.536. The number of unbranched alkanes of at least 4 members (excludes halogenated alkanes) is 1. The number of ether oxygens (including phenoxy) is 1. The summed E-state index contributed by atoms with van der Waals surface area (Å²) in [5, 5.41) is 14.4. The number of alkyl carbamates (subject to hydrolysis) is 1. The van der Waals surface area contributed by atoms with Crippen molar-refractivity contribution in [3.05, 3.63) is 29.8 Å². The summed E-state index contributed by atoms with van der Waals surface area (Å²) in [5.41, 5.74) is 6.79. The maximum Gasteiger partial charge on any atom is 0.407 e. The molecule has 0 bridgehead atoms. The molecular formula is C18H29N3O4. The second kappa shape index (κ2) is 10.0. The Morgan fingerprint density at radius 1 is 1.20 bits per heavy atom. The highest BCUT2D eigenvalue weighted by Crippen LogP contribution is 2.11. The third-order valence-electron chi connectivity index (χ3n) is 3.35. The standard InChI is InChI=1S/C18H29N3O4/c1-18(2,3)25-17(24)20-11-5-4-6-15(19)16(23)21-14-9-7-13(12-22)8-10-14/h7-10,15,22H,4-6,11-12,19H2,1-3H3,(H,20,24)(H,21,23)/t15-/m1/s1. The lowest BCUT2D eigenvalue weighted by Crippen LogP contribution is -2.36. The second-order valence-electron chi connectivity index (χ2n) is 6.88. The van der Waals surface area contributed by atoms with Crippen LogP contribution in [0.3, 0.4) is 0 Å². The third-order valence-corrected chi connectivity index (χ3v) is 3.35. The average molecular weight is 351 g/mol. The Hall–Kier alpha value is -2.12. The second-order valence-corrected chi connectivity index (χ2v) is 6.88. The first-order chi connectivity index (χ1) is 11.7. The zero-order valence-electron chi connectivity index (χ0n) is 15.2. The molecule has 1 aromatic rings. The predicted octanol–water partition coefficient (Wildman–Crippen LogP) is 2.14. The van der Waals surface area contributed by atoms with Crippen molar-refractivity contribution in [3.63, 3.8) is 0 Å². The lowest BCUT2D eigenvalue weighted by atomic mass is 10.1. The number of nitrogens with one attached hydrogen (secondary N) is 2. The number of hydrogen-bond acceptors (Lipinski definition) is 5. The van der Waals surface area contributed by atoms with Crippen LogP contribution in [0.2, 0.25) is 0 Å². The maximum absolute atomic E-state index is 12.0. The average Bonchev–Trinajstić information content (AvgIpc) is 2.53. The van der Waals surface area contributed by atoms with Crippen molar-refractivity contribution in [1.82, 2.24) is 5.32 Å². The fourth-order valence-electron chi connectivity index (χ4n) is 2.05. The van der Waals surface area contributed by atoms with Gasteiger partial charge in [0, 0.05) is 12.2 Å². The van der Waals surface area contributed by atoms with Crippen LogP contribution in [0, 0.1) is 0 Å². The maximum atomic E-state index is 12.0. The Bertz CT molecular complexity index is 552.